The second-order valence-corrected chi connectivity index (χ2v) is 5.09. The molecule has 6 heteroatoms. The quantitative estimate of drug-likeness (QED) is 0.923. The summed E-state index contributed by atoms with van der Waals surface area (Å²) in [4.78, 5) is 16.4. The molecule has 1 aliphatic heterocycles. The van der Waals surface area contributed by atoms with Gasteiger partial charge in [0.15, 0.2) is 11.6 Å². The summed E-state index contributed by atoms with van der Waals surface area (Å²) in [5.41, 5.74) is 1.02. The second kappa shape index (κ2) is 4.87. The Bertz CT molecular complexity index is 711. The molecule has 0 bridgehead atoms. The van der Waals surface area contributed by atoms with Crippen LogP contribution in [0, 0.1) is 19.7 Å². The van der Waals surface area contributed by atoms with Crippen LogP contribution in [0.5, 0.6) is 5.75 Å². The van der Waals surface area contributed by atoms with Crippen molar-refractivity contribution < 1.29 is 18.3 Å². The van der Waals surface area contributed by atoms with Crippen LogP contribution >= 0.6 is 0 Å². The number of ether oxygens (including phenoxy) is 1. The van der Waals surface area contributed by atoms with Crippen molar-refractivity contribution in [1.29, 1.82) is 0 Å². The first-order chi connectivity index (χ1) is 9.95. The summed E-state index contributed by atoms with van der Waals surface area (Å²) in [5, 5.41) is 2.87. The van der Waals surface area contributed by atoms with Gasteiger partial charge in [-0.1, -0.05) is 6.07 Å². The van der Waals surface area contributed by atoms with E-state index in [9.17, 15) is 9.18 Å². The Kier molecular flexibility index (Phi) is 3.16. The monoisotopic (exact) mass is 290 g/mol. The Hall–Kier alpha value is -2.37. The molecule has 2 aromatic rings. The van der Waals surface area contributed by atoms with Gasteiger partial charge in [0.25, 0.3) is 5.91 Å². The molecule has 110 valence electrons. The Balaban J connectivity index is 1.86. The van der Waals surface area contributed by atoms with Gasteiger partial charge in [-0.15, -0.1) is 0 Å². The number of halogens is 1. The van der Waals surface area contributed by atoms with E-state index in [2.05, 4.69) is 10.3 Å². The second-order valence-electron chi connectivity index (χ2n) is 5.09. The summed E-state index contributed by atoms with van der Waals surface area (Å²) in [6.45, 7) is 5.19. The number of nitrogens with zero attached hydrogens (tertiary/aromatic N) is 1. The fourth-order valence-corrected chi connectivity index (χ4v) is 2.53. The van der Waals surface area contributed by atoms with Crippen LogP contribution in [0.2, 0.25) is 0 Å². The number of aryl methyl sites for hydroxylation is 2. The van der Waals surface area contributed by atoms with Crippen molar-refractivity contribution in [1.82, 2.24) is 10.3 Å². The minimum atomic E-state index is -0.365. The number of amides is 1. The molecule has 2 heterocycles. The maximum atomic E-state index is 13.2. The van der Waals surface area contributed by atoms with Gasteiger partial charge in [-0.2, -0.15) is 0 Å². The molecule has 0 fully saturated rings. The highest BCUT2D eigenvalue weighted by Crippen LogP contribution is 2.37. The van der Waals surface area contributed by atoms with Crippen LogP contribution in [0.15, 0.2) is 22.6 Å². The van der Waals surface area contributed by atoms with E-state index in [1.54, 1.807) is 19.9 Å². The number of benzene rings is 1. The van der Waals surface area contributed by atoms with Crippen molar-refractivity contribution in [3.05, 3.63) is 46.9 Å². The van der Waals surface area contributed by atoms with Crippen molar-refractivity contribution >= 4 is 5.91 Å². The first-order valence-electron chi connectivity index (χ1n) is 6.66. The molecule has 0 radical (unpaired) electrons. The van der Waals surface area contributed by atoms with Gasteiger partial charge in [0, 0.05) is 18.6 Å². The third-order valence-corrected chi connectivity index (χ3v) is 3.50. The van der Waals surface area contributed by atoms with Crippen LogP contribution in [0.4, 0.5) is 4.39 Å². The zero-order valence-electron chi connectivity index (χ0n) is 11.9. The van der Waals surface area contributed by atoms with E-state index < -0.39 is 0 Å². The minimum absolute atomic E-state index is 0.260. The van der Waals surface area contributed by atoms with Gasteiger partial charge in [-0.3, -0.25) is 4.79 Å². The molecule has 1 amide bonds. The van der Waals surface area contributed by atoms with Gasteiger partial charge in [0.1, 0.15) is 23.4 Å². The number of hydrogen-bond acceptors (Lipinski definition) is 4. The molecule has 5 nitrogen and oxygen atoms in total. The number of carbonyl (C=O) groups is 1. The smallest absolute Gasteiger partial charge is 0.274 e. The molecule has 0 spiro atoms. The molecule has 0 saturated carbocycles. The lowest BCUT2D eigenvalue weighted by atomic mass is 10.0. The Morgan fingerprint density at radius 1 is 1.38 bits per heavy atom. The van der Waals surface area contributed by atoms with Gasteiger partial charge in [-0.25, -0.2) is 9.37 Å². The third-order valence-electron chi connectivity index (χ3n) is 3.50. The minimum Gasteiger partial charge on any atom is -0.488 e. The van der Waals surface area contributed by atoms with Crippen LogP contribution in [0.3, 0.4) is 0 Å². The predicted octanol–water partition coefficient (Wildman–Crippen LogP) is 2.68. The Labute approximate surface area is 121 Å². The number of hydrogen-bond donors (Lipinski definition) is 1. The topological polar surface area (TPSA) is 64.4 Å². The zero-order valence-corrected chi connectivity index (χ0v) is 11.9. The zero-order chi connectivity index (χ0) is 15.1. The summed E-state index contributed by atoms with van der Waals surface area (Å²) < 4.78 is 24.0. The maximum Gasteiger partial charge on any atom is 0.274 e. The summed E-state index contributed by atoms with van der Waals surface area (Å²) in [6.07, 6.45) is -0.279. The fourth-order valence-electron chi connectivity index (χ4n) is 2.53. The van der Waals surface area contributed by atoms with Gasteiger partial charge < -0.3 is 14.5 Å². The molecule has 0 saturated heterocycles. The van der Waals surface area contributed by atoms with Crippen LogP contribution in [-0.2, 0) is 0 Å². The molecule has 1 aliphatic rings. The van der Waals surface area contributed by atoms with Gasteiger partial charge in [0.05, 0.1) is 6.04 Å². The molecule has 0 aliphatic carbocycles. The van der Waals surface area contributed by atoms with Crippen LogP contribution < -0.4 is 10.1 Å². The summed E-state index contributed by atoms with van der Waals surface area (Å²) in [7, 11) is 0. The lowest BCUT2D eigenvalue weighted by molar-refractivity contribution is 0.0902. The molecular weight excluding hydrogens is 275 g/mol. The molecule has 3 rings (SSSR count). The Morgan fingerprint density at radius 3 is 2.81 bits per heavy atom. The van der Waals surface area contributed by atoms with Gasteiger partial charge in [-0.05, 0) is 19.9 Å². The highest BCUT2D eigenvalue weighted by molar-refractivity contribution is 5.93. The van der Waals surface area contributed by atoms with Crippen molar-refractivity contribution in [2.24, 2.45) is 0 Å². The number of oxazole rings is 1. The molecule has 0 unspecified atom stereocenters. The summed E-state index contributed by atoms with van der Waals surface area (Å²) >= 11 is 0. The molecular formula is C15H15FN2O3. The van der Waals surface area contributed by atoms with Crippen molar-refractivity contribution in [3.8, 4) is 5.75 Å². The molecule has 1 aromatic heterocycles. The first kappa shape index (κ1) is 13.6. The van der Waals surface area contributed by atoms with Crippen molar-refractivity contribution in [3.63, 3.8) is 0 Å². The third kappa shape index (κ3) is 2.37. The molecule has 2 atom stereocenters. The highest BCUT2D eigenvalue weighted by Gasteiger charge is 2.33. The summed E-state index contributed by atoms with van der Waals surface area (Å²) in [6, 6.07) is 3.96. The maximum absolute atomic E-state index is 13.2. The van der Waals surface area contributed by atoms with E-state index >= 15 is 0 Å². The lowest BCUT2D eigenvalue weighted by Crippen LogP contribution is -2.34. The average Bonchev–Trinajstić information content (AvgIpc) is 2.89. The fraction of sp³-hybridized carbons (Fsp3) is 0.333. The van der Waals surface area contributed by atoms with Crippen molar-refractivity contribution in [2.45, 2.75) is 32.9 Å². The molecule has 1 N–H and O–H groups in total. The van der Waals surface area contributed by atoms with E-state index in [0.717, 1.165) is 5.56 Å². The van der Waals surface area contributed by atoms with Crippen molar-refractivity contribution in [2.75, 3.05) is 0 Å². The standard InChI is InChI=1S/C15H15FN2O3/c1-7-13(11-5-4-10(16)6-12(11)21-7)18-15(19)14-8(2)20-9(3)17-14/h4-7,13H,1-3H3,(H,18,19)/t7-,13-/m1/s1. The number of carbonyl (C=O) groups excluding carboxylic acids is 1. The van der Waals surface area contributed by atoms with Gasteiger partial charge in [0.2, 0.25) is 0 Å². The predicted molar refractivity (Wildman–Crippen MR) is 72.7 cm³/mol. The van der Waals surface area contributed by atoms with E-state index in [-0.39, 0.29) is 29.6 Å². The highest BCUT2D eigenvalue weighted by atomic mass is 19.1. The average molecular weight is 290 g/mol. The SMILES string of the molecule is Cc1nc(C(=O)N[C@H]2c3ccc(F)cc3O[C@@H]2C)c(C)o1. The van der Waals surface area contributed by atoms with Crippen LogP contribution in [-0.4, -0.2) is 17.0 Å². The van der Waals surface area contributed by atoms with E-state index in [0.29, 0.717) is 17.4 Å². The van der Waals surface area contributed by atoms with Crippen LogP contribution in [0.25, 0.3) is 0 Å². The Morgan fingerprint density at radius 2 is 2.14 bits per heavy atom. The number of nitrogens with one attached hydrogen (secondary N) is 1. The van der Waals surface area contributed by atoms with E-state index in [1.807, 2.05) is 6.92 Å². The number of rotatable bonds is 2. The normalized spacial score (nSPS) is 20.0. The molecule has 21 heavy (non-hydrogen) atoms. The largest absolute Gasteiger partial charge is 0.488 e. The van der Waals surface area contributed by atoms with E-state index in [4.69, 9.17) is 9.15 Å². The number of aromatic nitrogens is 1. The molecule has 1 aromatic carbocycles. The summed E-state index contributed by atoms with van der Waals surface area (Å²) in [5.74, 6) is 0.672. The number of fused-ring (bicyclic) bond motifs is 1. The van der Waals surface area contributed by atoms with Gasteiger partial charge >= 0.3 is 0 Å². The lowest BCUT2D eigenvalue weighted by Gasteiger charge is -2.16. The first-order valence-corrected chi connectivity index (χ1v) is 6.66. The van der Waals surface area contributed by atoms with Crippen LogP contribution in [0.1, 0.15) is 40.7 Å². The van der Waals surface area contributed by atoms with E-state index in [1.165, 1.54) is 12.1 Å².